The summed E-state index contributed by atoms with van der Waals surface area (Å²) in [7, 11) is 1.79. The maximum atomic E-state index is 12.5. The number of amides is 1. The van der Waals surface area contributed by atoms with Crippen molar-refractivity contribution in [3.8, 4) is 17.2 Å². The third-order valence-corrected chi connectivity index (χ3v) is 7.01. The van der Waals surface area contributed by atoms with Gasteiger partial charge in [-0.05, 0) is 64.0 Å². The van der Waals surface area contributed by atoms with E-state index in [1.54, 1.807) is 11.9 Å². The fourth-order valence-corrected chi connectivity index (χ4v) is 4.98. The second-order valence-corrected chi connectivity index (χ2v) is 9.48. The lowest BCUT2D eigenvalue weighted by Gasteiger charge is -2.23. The number of hydrogen-bond acceptors (Lipinski definition) is 7. The van der Waals surface area contributed by atoms with Crippen LogP contribution in [0.25, 0.3) is 11.5 Å². The van der Waals surface area contributed by atoms with Crippen LogP contribution >= 0.6 is 0 Å². The van der Waals surface area contributed by atoms with E-state index in [0.29, 0.717) is 34.2 Å². The minimum Gasteiger partial charge on any atom is -0.489 e. The van der Waals surface area contributed by atoms with E-state index in [4.69, 9.17) is 19.1 Å². The number of carbonyl (C=O) groups is 2. The smallest absolute Gasteiger partial charge is 0.410 e. The van der Waals surface area contributed by atoms with Gasteiger partial charge in [0.1, 0.15) is 18.1 Å². The van der Waals surface area contributed by atoms with Crippen molar-refractivity contribution in [3.63, 3.8) is 0 Å². The monoisotopic (exact) mass is 471 g/mol. The number of pyridine rings is 1. The van der Waals surface area contributed by atoms with E-state index in [0.717, 1.165) is 44.9 Å². The van der Waals surface area contributed by atoms with E-state index in [1.165, 1.54) is 0 Å². The highest BCUT2D eigenvalue weighted by molar-refractivity contribution is 5.68. The number of rotatable bonds is 8. The number of carbonyl (C=O) groups excluding carboxylic acids is 1. The van der Waals surface area contributed by atoms with Crippen LogP contribution in [0.1, 0.15) is 68.3 Å². The van der Waals surface area contributed by atoms with E-state index < -0.39 is 5.97 Å². The normalized spacial score (nSPS) is 20.4. The van der Waals surface area contributed by atoms with Gasteiger partial charge < -0.3 is 24.0 Å². The van der Waals surface area contributed by atoms with Gasteiger partial charge in [0.05, 0.1) is 23.1 Å². The average Bonchev–Trinajstić information content (AvgIpc) is 3.55. The highest BCUT2D eigenvalue weighted by Gasteiger charge is 2.29. The lowest BCUT2D eigenvalue weighted by Crippen LogP contribution is -2.35. The highest BCUT2D eigenvalue weighted by Crippen LogP contribution is 2.34. The Morgan fingerprint density at radius 2 is 1.91 bits per heavy atom. The van der Waals surface area contributed by atoms with Crippen molar-refractivity contribution in [1.82, 2.24) is 15.0 Å². The fraction of sp³-hybridized carbons (Fsp3) is 0.600. The molecule has 0 radical (unpaired) electrons. The van der Waals surface area contributed by atoms with E-state index >= 15 is 0 Å². The number of aliphatic carboxylic acids is 1. The van der Waals surface area contributed by atoms with Crippen molar-refractivity contribution in [1.29, 1.82) is 0 Å². The van der Waals surface area contributed by atoms with Gasteiger partial charge in [-0.2, -0.15) is 0 Å². The van der Waals surface area contributed by atoms with Crippen molar-refractivity contribution in [2.24, 2.45) is 5.92 Å². The summed E-state index contributed by atoms with van der Waals surface area (Å²) in [5, 5.41) is 13.1. The van der Waals surface area contributed by atoms with Gasteiger partial charge in [-0.1, -0.05) is 18.0 Å². The maximum Gasteiger partial charge on any atom is 0.410 e. The van der Waals surface area contributed by atoms with Crippen molar-refractivity contribution >= 4 is 12.1 Å². The van der Waals surface area contributed by atoms with E-state index in [2.05, 4.69) is 10.1 Å². The van der Waals surface area contributed by atoms with Crippen LogP contribution in [0.2, 0.25) is 0 Å². The fourth-order valence-electron chi connectivity index (χ4n) is 4.98. The van der Waals surface area contributed by atoms with Gasteiger partial charge in [0.15, 0.2) is 5.76 Å². The summed E-state index contributed by atoms with van der Waals surface area (Å²) in [6.07, 6.45) is 6.59. The summed E-state index contributed by atoms with van der Waals surface area (Å²) in [6, 6.07) is 3.90. The Morgan fingerprint density at radius 1 is 1.15 bits per heavy atom. The Morgan fingerprint density at radius 3 is 2.62 bits per heavy atom. The number of carboxylic acid groups (broad SMARTS) is 1. The highest BCUT2D eigenvalue weighted by atomic mass is 16.6. The van der Waals surface area contributed by atoms with E-state index in [9.17, 15) is 9.59 Å². The molecule has 2 heterocycles. The quantitative estimate of drug-likeness (QED) is 0.579. The molecule has 4 rings (SSSR count). The van der Waals surface area contributed by atoms with E-state index in [-0.39, 0.29) is 37.2 Å². The zero-order valence-corrected chi connectivity index (χ0v) is 20.1. The molecule has 34 heavy (non-hydrogen) atoms. The summed E-state index contributed by atoms with van der Waals surface area (Å²) in [5.74, 6) is 0.546. The van der Waals surface area contributed by atoms with Crippen LogP contribution in [0.3, 0.4) is 0 Å². The molecule has 2 unspecified atom stereocenters. The van der Waals surface area contributed by atoms with Gasteiger partial charge >= 0.3 is 12.1 Å². The average molecular weight is 472 g/mol. The molecule has 0 aromatic carbocycles. The molecule has 1 amide bonds. The van der Waals surface area contributed by atoms with Gasteiger partial charge in [-0.15, -0.1) is 0 Å². The SMILES string of the molecule is Cc1nc(-c2onc(C)c2COC(=O)N(C)C2CCCC2)ccc1OC1CCC(CC(=O)O)C1. The molecular weight excluding hydrogens is 438 g/mol. The number of hydrogen-bond donors (Lipinski definition) is 1. The first-order valence-corrected chi connectivity index (χ1v) is 12.0. The molecule has 2 saturated carbocycles. The molecule has 0 bridgehead atoms. The summed E-state index contributed by atoms with van der Waals surface area (Å²) < 4.78 is 17.2. The van der Waals surface area contributed by atoms with Crippen LogP contribution in [-0.4, -0.2) is 51.4 Å². The molecule has 0 saturated heterocycles. The molecule has 1 N–H and O–H groups in total. The third kappa shape index (κ3) is 5.51. The molecule has 2 atom stereocenters. The topological polar surface area (TPSA) is 115 Å². The minimum absolute atomic E-state index is 0.00458. The van der Waals surface area contributed by atoms with Crippen LogP contribution in [0.5, 0.6) is 5.75 Å². The number of aromatic nitrogens is 2. The second kappa shape index (κ2) is 10.4. The van der Waals surface area contributed by atoms with Gasteiger partial charge in [0.25, 0.3) is 0 Å². The van der Waals surface area contributed by atoms with Gasteiger partial charge in [0.2, 0.25) is 0 Å². The molecule has 184 valence electrons. The first-order chi connectivity index (χ1) is 16.3. The van der Waals surface area contributed by atoms with Crippen LogP contribution < -0.4 is 4.74 Å². The predicted octanol–water partition coefficient (Wildman–Crippen LogP) is 4.89. The molecule has 2 aromatic heterocycles. The standard InChI is InChI=1S/C25H33N3O6/c1-15-20(14-32-25(31)28(3)18-6-4-5-7-18)24(34-27-15)21-10-11-22(16(2)26-21)33-19-9-8-17(12-19)13-23(29)30/h10-11,17-19H,4-9,12-14H2,1-3H3,(H,29,30). The lowest BCUT2D eigenvalue weighted by molar-refractivity contribution is -0.138. The van der Waals surface area contributed by atoms with Gasteiger partial charge in [-0.3, -0.25) is 4.79 Å². The third-order valence-electron chi connectivity index (χ3n) is 7.01. The maximum absolute atomic E-state index is 12.5. The number of carboxylic acids is 1. The molecule has 2 fully saturated rings. The van der Waals surface area contributed by atoms with Crippen molar-refractivity contribution in [3.05, 3.63) is 29.1 Å². The summed E-state index contributed by atoms with van der Waals surface area (Å²) in [5.41, 5.74) is 2.65. The minimum atomic E-state index is -0.762. The van der Waals surface area contributed by atoms with Crippen molar-refractivity contribution in [2.45, 2.75) is 84.0 Å². The largest absolute Gasteiger partial charge is 0.489 e. The van der Waals surface area contributed by atoms with Crippen LogP contribution in [0, 0.1) is 19.8 Å². The molecular formula is C25H33N3O6. The lowest BCUT2D eigenvalue weighted by atomic mass is 10.0. The summed E-state index contributed by atoms with van der Waals surface area (Å²) in [6.45, 7) is 3.74. The first-order valence-electron chi connectivity index (χ1n) is 12.0. The molecule has 9 heteroatoms. The van der Waals surface area contributed by atoms with Gasteiger partial charge in [-0.25, -0.2) is 9.78 Å². The van der Waals surface area contributed by atoms with Crippen LogP contribution in [-0.2, 0) is 16.1 Å². The Hall–Kier alpha value is -3.10. The first kappa shape index (κ1) is 24.0. The molecule has 2 aliphatic rings. The van der Waals surface area contributed by atoms with Crippen LogP contribution in [0.15, 0.2) is 16.7 Å². The predicted molar refractivity (Wildman–Crippen MR) is 123 cm³/mol. The summed E-state index contributed by atoms with van der Waals surface area (Å²) >= 11 is 0. The number of aryl methyl sites for hydroxylation is 2. The molecule has 2 aliphatic carbocycles. The van der Waals surface area contributed by atoms with E-state index in [1.807, 2.05) is 26.0 Å². The summed E-state index contributed by atoms with van der Waals surface area (Å²) in [4.78, 5) is 29.8. The van der Waals surface area contributed by atoms with Crippen molar-refractivity contribution < 1.29 is 28.7 Å². The number of nitrogens with zero attached hydrogens (tertiary/aromatic N) is 3. The molecule has 0 aliphatic heterocycles. The zero-order valence-electron chi connectivity index (χ0n) is 20.1. The Labute approximate surface area is 199 Å². The zero-order chi connectivity index (χ0) is 24.2. The Bertz CT molecular complexity index is 1030. The van der Waals surface area contributed by atoms with Crippen LogP contribution in [0.4, 0.5) is 4.79 Å². The van der Waals surface area contributed by atoms with Crippen molar-refractivity contribution in [2.75, 3.05) is 7.05 Å². The van der Waals surface area contributed by atoms with Gasteiger partial charge in [0, 0.05) is 19.5 Å². The molecule has 2 aromatic rings. The molecule has 0 spiro atoms. The Balaban J connectivity index is 1.40. The molecule has 9 nitrogen and oxygen atoms in total. The number of ether oxygens (including phenoxy) is 2. The Kier molecular flexibility index (Phi) is 7.38. The second-order valence-electron chi connectivity index (χ2n) is 9.48.